The van der Waals surface area contributed by atoms with Crippen molar-refractivity contribution in [3.05, 3.63) is 59.7 Å². The second-order valence-electron chi connectivity index (χ2n) is 4.82. The molecule has 0 heterocycles. The van der Waals surface area contributed by atoms with Gasteiger partial charge in [-0.15, -0.1) is 0 Å². The molecule has 0 bridgehead atoms. The lowest BCUT2D eigenvalue weighted by molar-refractivity contribution is 0.0697. The number of aromatic carboxylic acids is 1. The highest BCUT2D eigenvalue weighted by Crippen LogP contribution is 2.22. The summed E-state index contributed by atoms with van der Waals surface area (Å²) in [6.07, 6.45) is 0. The van der Waals surface area contributed by atoms with Crippen LogP contribution < -0.4 is 0 Å². The van der Waals surface area contributed by atoms with Gasteiger partial charge in [0.15, 0.2) is 0 Å². The summed E-state index contributed by atoms with van der Waals surface area (Å²) in [5.74, 6) is -0.897. The Morgan fingerprint density at radius 2 is 1.68 bits per heavy atom. The minimum atomic E-state index is -0.897. The van der Waals surface area contributed by atoms with Crippen LogP contribution in [0.4, 0.5) is 0 Å². The molecule has 0 unspecified atom stereocenters. The molecule has 0 saturated heterocycles. The number of carboxylic acids is 1. The Morgan fingerprint density at radius 3 is 2.32 bits per heavy atom. The van der Waals surface area contributed by atoms with E-state index in [1.54, 1.807) is 18.2 Å². The lowest BCUT2D eigenvalue weighted by atomic mass is 10.0. The maximum Gasteiger partial charge on any atom is 0.335 e. The number of hydrogen-bond donors (Lipinski definition) is 1. The van der Waals surface area contributed by atoms with Crippen LogP contribution in [0.3, 0.4) is 0 Å². The third-order valence-electron chi connectivity index (χ3n) is 2.87. The van der Waals surface area contributed by atoms with E-state index in [1.807, 2.05) is 32.3 Å². The zero-order valence-electron chi connectivity index (χ0n) is 11.1. The molecule has 2 rings (SSSR count). The maximum atomic E-state index is 11.0. The molecular weight excluding hydrogens is 238 g/mol. The van der Waals surface area contributed by atoms with Crippen molar-refractivity contribution in [3.63, 3.8) is 0 Å². The van der Waals surface area contributed by atoms with E-state index in [9.17, 15) is 4.79 Å². The van der Waals surface area contributed by atoms with Crippen molar-refractivity contribution in [2.24, 2.45) is 0 Å². The van der Waals surface area contributed by atoms with Gasteiger partial charge in [0.25, 0.3) is 0 Å². The lowest BCUT2D eigenvalue weighted by Gasteiger charge is -2.11. The standard InChI is InChI=1S/C16H17NO2/c1-17(2)11-12-5-3-6-13(9-12)14-7-4-8-15(10-14)16(18)19/h3-10H,11H2,1-2H3,(H,18,19). The van der Waals surface area contributed by atoms with Crippen molar-refractivity contribution < 1.29 is 9.90 Å². The van der Waals surface area contributed by atoms with Gasteiger partial charge in [0, 0.05) is 6.54 Å². The van der Waals surface area contributed by atoms with Gasteiger partial charge in [0.2, 0.25) is 0 Å². The predicted octanol–water partition coefficient (Wildman–Crippen LogP) is 3.11. The van der Waals surface area contributed by atoms with Gasteiger partial charge in [-0.05, 0) is 49.0 Å². The van der Waals surface area contributed by atoms with E-state index in [2.05, 4.69) is 17.0 Å². The van der Waals surface area contributed by atoms with Crippen molar-refractivity contribution in [2.45, 2.75) is 6.54 Å². The molecule has 98 valence electrons. The van der Waals surface area contributed by atoms with Crippen LogP contribution in [0, 0.1) is 0 Å². The molecule has 0 aliphatic rings. The Kier molecular flexibility index (Phi) is 3.97. The molecule has 3 heteroatoms. The Hall–Kier alpha value is -2.13. The minimum absolute atomic E-state index is 0.315. The molecule has 0 fully saturated rings. The van der Waals surface area contributed by atoms with Gasteiger partial charge < -0.3 is 10.0 Å². The fourth-order valence-corrected chi connectivity index (χ4v) is 2.05. The molecule has 0 aromatic heterocycles. The highest BCUT2D eigenvalue weighted by Gasteiger charge is 2.05. The molecule has 0 amide bonds. The van der Waals surface area contributed by atoms with Gasteiger partial charge in [0.05, 0.1) is 5.56 Å². The zero-order chi connectivity index (χ0) is 13.8. The summed E-state index contributed by atoms with van der Waals surface area (Å²) in [5, 5.41) is 9.02. The minimum Gasteiger partial charge on any atom is -0.478 e. The van der Waals surface area contributed by atoms with E-state index in [4.69, 9.17) is 5.11 Å². The van der Waals surface area contributed by atoms with Crippen LogP contribution in [0.5, 0.6) is 0 Å². The molecule has 0 aliphatic carbocycles. The molecular formula is C16H17NO2. The average Bonchev–Trinajstić information content (AvgIpc) is 2.38. The van der Waals surface area contributed by atoms with Crippen molar-refractivity contribution in [3.8, 4) is 11.1 Å². The SMILES string of the molecule is CN(C)Cc1cccc(-c2cccc(C(=O)O)c2)c1. The second-order valence-corrected chi connectivity index (χ2v) is 4.82. The molecule has 0 saturated carbocycles. The first kappa shape index (κ1) is 13.3. The van der Waals surface area contributed by atoms with E-state index >= 15 is 0 Å². The fraction of sp³-hybridized carbons (Fsp3) is 0.188. The largest absolute Gasteiger partial charge is 0.478 e. The molecule has 3 nitrogen and oxygen atoms in total. The third kappa shape index (κ3) is 3.42. The van der Waals surface area contributed by atoms with Crippen LogP contribution in [0.1, 0.15) is 15.9 Å². The molecule has 2 aromatic carbocycles. The zero-order valence-corrected chi connectivity index (χ0v) is 11.1. The van der Waals surface area contributed by atoms with Crippen LogP contribution in [0.25, 0.3) is 11.1 Å². The Bertz CT molecular complexity index is 591. The first-order valence-electron chi connectivity index (χ1n) is 6.13. The van der Waals surface area contributed by atoms with Crippen LogP contribution in [0.2, 0.25) is 0 Å². The smallest absolute Gasteiger partial charge is 0.335 e. The average molecular weight is 255 g/mol. The maximum absolute atomic E-state index is 11.0. The summed E-state index contributed by atoms with van der Waals surface area (Å²) in [6.45, 7) is 0.868. The van der Waals surface area contributed by atoms with Crippen LogP contribution in [0.15, 0.2) is 48.5 Å². The first-order valence-corrected chi connectivity index (χ1v) is 6.13. The van der Waals surface area contributed by atoms with E-state index in [0.29, 0.717) is 5.56 Å². The van der Waals surface area contributed by atoms with Gasteiger partial charge in [-0.3, -0.25) is 0 Å². The second kappa shape index (κ2) is 5.67. The van der Waals surface area contributed by atoms with Gasteiger partial charge in [-0.2, -0.15) is 0 Å². The lowest BCUT2D eigenvalue weighted by Crippen LogP contribution is -2.10. The van der Waals surface area contributed by atoms with Crippen LogP contribution in [-0.4, -0.2) is 30.1 Å². The van der Waals surface area contributed by atoms with Crippen molar-refractivity contribution >= 4 is 5.97 Å². The van der Waals surface area contributed by atoms with E-state index in [0.717, 1.165) is 17.7 Å². The predicted molar refractivity (Wildman–Crippen MR) is 76.2 cm³/mol. The number of benzene rings is 2. The number of carboxylic acid groups (broad SMARTS) is 1. The molecule has 1 N–H and O–H groups in total. The van der Waals surface area contributed by atoms with Crippen molar-refractivity contribution in [1.29, 1.82) is 0 Å². The molecule has 0 spiro atoms. The molecule has 0 atom stereocenters. The molecule has 19 heavy (non-hydrogen) atoms. The van der Waals surface area contributed by atoms with Crippen LogP contribution >= 0.6 is 0 Å². The normalized spacial score (nSPS) is 10.7. The summed E-state index contributed by atoms with van der Waals surface area (Å²) in [6, 6.07) is 15.2. The Labute approximate surface area is 113 Å². The van der Waals surface area contributed by atoms with Crippen LogP contribution in [-0.2, 0) is 6.54 Å². The first-order chi connectivity index (χ1) is 9.06. The molecule has 2 aromatic rings. The highest BCUT2D eigenvalue weighted by atomic mass is 16.4. The number of rotatable bonds is 4. The van der Waals surface area contributed by atoms with Gasteiger partial charge in [0.1, 0.15) is 0 Å². The van der Waals surface area contributed by atoms with Gasteiger partial charge >= 0.3 is 5.97 Å². The highest BCUT2D eigenvalue weighted by molar-refractivity contribution is 5.89. The summed E-state index contributed by atoms with van der Waals surface area (Å²) < 4.78 is 0. The fourth-order valence-electron chi connectivity index (χ4n) is 2.05. The van der Waals surface area contributed by atoms with E-state index in [-0.39, 0.29) is 0 Å². The van der Waals surface area contributed by atoms with E-state index < -0.39 is 5.97 Å². The topological polar surface area (TPSA) is 40.5 Å². The summed E-state index contributed by atoms with van der Waals surface area (Å²) >= 11 is 0. The molecule has 0 aliphatic heterocycles. The summed E-state index contributed by atoms with van der Waals surface area (Å²) in [5.41, 5.74) is 3.50. The monoisotopic (exact) mass is 255 g/mol. The number of hydrogen-bond acceptors (Lipinski definition) is 2. The van der Waals surface area contributed by atoms with Crippen molar-refractivity contribution in [1.82, 2.24) is 4.90 Å². The quantitative estimate of drug-likeness (QED) is 0.912. The Morgan fingerprint density at radius 1 is 1.05 bits per heavy atom. The van der Waals surface area contributed by atoms with Crippen molar-refractivity contribution in [2.75, 3.05) is 14.1 Å². The van der Waals surface area contributed by atoms with E-state index in [1.165, 1.54) is 5.56 Å². The van der Waals surface area contributed by atoms with Gasteiger partial charge in [-0.1, -0.05) is 30.3 Å². The number of carbonyl (C=O) groups is 1. The summed E-state index contributed by atoms with van der Waals surface area (Å²) in [4.78, 5) is 13.1. The third-order valence-corrected chi connectivity index (χ3v) is 2.87. The van der Waals surface area contributed by atoms with Gasteiger partial charge in [-0.25, -0.2) is 4.79 Å². The number of nitrogens with zero attached hydrogens (tertiary/aromatic N) is 1. The Balaban J connectivity index is 2.36. The molecule has 0 radical (unpaired) electrons. The summed E-state index contributed by atoms with van der Waals surface area (Å²) in [7, 11) is 4.05.